The first-order valence-electron chi connectivity index (χ1n) is 4.31. The molecule has 0 bridgehead atoms. The second kappa shape index (κ2) is 4.78. The van der Waals surface area contributed by atoms with Crippen LogP contribution >= 0.6 is 24.0 Å². The van der Waals surface area contributed by atoms with E-state index in [1.165, 1.54) is 6.92 Å². The van der Waals surface area contributed by atoms with Gasteiger partial charge in [-0.05, 0) is 19.1 Å². The fraction of sp³-hybridized carbons (Fsp3) is 0.857. The molecule has 0 aromatic carbocycles. The first-order valence-corrected chi connectivity index (χ1v) is 7.42. The lowest BCUT2D eigenvalue weighted by molar-refractivity contribution is 0.560. The first-order chi connectivity index (χ1) is 6.43. The third-order valence-corrected chi connectivity index (χ3v) is 5.64. The van der Waals surface area contributed by atoms with E-state index in [0.717, 1.165) is 17.9 Å². The number of sulfonamides is 1. The van der Waals surface area contributed by atoms with Crippen molar-refractivity contribution in [2.75, 3.05) is 11.5 Å². The molecule has 1 saturated heterocycles. The van der Waals surface area contributed by atoms with Gasteiger partial charge in [0.25, 0.3) is 0 Å². The van der Waals surface area contributed by atoms with E-state index >= 15 is 0 Å². The van der Waals surface area contributed by atoms with Crippen LogP contribution in [-0.2, 0) is 10.0 Å². The fourth-order valence-electron chi connectivity index (χ4n) is 1.11. The van der Waals surface area contributed by atoms with Gasteiger partial charge in [-0.25, -0.2) is 13.1 Å². The predicted octanol–water partition coefficient (Wildman–Crippen LogP) is 0.0859. The molecule has 14 heavy (non-hydrogen) atoms. The number of hydrogen-bond donors (Lipinski definition) is 2. The van der Waals surface area contributed by atoms with Crippen molar-refractivity contribution in [2.24, 2.45) is 5.73 Å². The molecule has 3 N–H and O–H groups in total. The minimum absolute atomic E-state index is 0.0168. The fourth-order valence-corrected chi connectivity index (χ4v) is 3.93. The van der Waals surface area contributed by atoms with Gasteiger partial charge in [-0.1, -0.05) is 12.2 Å². The van der Waals surface area contributed by atoms with Gasteiger partial charge in [-0.3, -0.25) is 0 Å². The van der Waals surface area contributed by atoms with Crippen LogP contribution in [0.15, 0.2) is 0 Å². The van der Waals surface area contributed by atoms with Crippen LogP contribution in [0.2, 0.25) is 0 Å². The third-order valence-electron chi connectivity index (χ3n) is 2.13. The molecule has 4 nitrogen and oxygen atoms in total. The second-order valence-electron chi connectivity index (χ2n) is 3.27. The van der Waals surface area contributed by atoms with E-state index in [1.54, 1.807) is 11.8 Å². The van der Waals surface area contributed by atoms with Crippen molar-refractivity contribution in [3.63, 3.8) is 0 Å². The second-order valence-corrected chi connectivity index (χ2v) is 6.92. The highest BCUT2D eigenvalue weighted by Gasteiger charge is 2.27. The Hall–Kier alpha value is 0.150. The molecule has 1 fully saturated rings. The Bertz CT molecular complexity index is 309. The lowest BCUT2D eigenvalue weighted by Gasteiger charge is -2.16. The SMILES string of the molecule is CC(C(N)=S)S(=O)(=O)NC1CCSC1. The van der Waals surface area contributed by atoms with E-state index in [-0.39, 0.29) is 11.0 Å². The zero-order valence-corrected chi connectivity index (χ0v) is 10.3. The van der Waals surface area contributed by atoms with Gasteiger partial charge in [0.1, 0.15) is 5.25 Å². The van der Waals surface area contributed by atoms with Crippen LogP contribution in [0.1, 0.15) is 13.3 Å². The summed E-state index contributed by atoms with van der Waals surface area (Å²) in [6.07, 6.45) is 0.883. The molecule has 2 atom stereocenters. The maximum absolute atomic E-state index is 11.6. The number of rotatable bonds is 4. The molecule has 0 spiro atoms. The molecule has 0 amide bonds. The molecular formula is C7H14N2O2S3. The zero-order chi connectivity index (χ0) is 10.8. The lowest BCUT2D eigenvalue weighted by atomic mass is 10.3. The third kappa shape index (κ3) is 3.08. The summed E-state index contributed by atoms with van der Waals surface area (Å²) in [5, 5.41) is -0.789. The van der Waals surface area contributed by atoms with Gasteiger partial charge in [0, 0.05) is 11.8 Å². The normalized spacial score (nSPS) is 24.8. The van der Waals surface area contributed by atoms with E-state index in [0.29, 0.717) is 0 Å². The molecule has 82 valence electrons. The molecule has 0 aliphatic carbocycles. The van der Waals surface area contributed by atoms with Gasteiger partial charge in [0.2, 0.25) is 10.0 Å². The van der Waals surface area contributed by atoms with Crippen molar-refractivity contribution >= 4 is 39.0 Å². The van der Waals surface area contributed by atoms with Crippen LogP contribution in [0, 0.1) is 0 Å². The maximum atomic E-state index is 11.6. The van der Waals surface area contributed by atoms with Crippen molar-refractivity contribution in [3.8, 4) is 0 Å². The quantitative estimate of drug-likeness (QED) is 0.696. The standard InChI is InChI=1S/C7H14N2O2S3/c1-5(7(8)12)14(10,11)9-6-2-3-13-4-6/h5-6,9H,2-4H2,1H3,(H2,8,12). The highest BCUT2D eigenvalue weighted by atomic mass is 32.2. The van der Waals surface area contributed by atoms with Crippen molar-refractivity contribution in [3.05, 3.63) is 0 Å². The summed E-state index contributed by atoms with van der Waals surface area (Å²) in [7, 11) is -3.37. The van der Waals surface area contributed by atoms with Gasteiger partial charge < -0.3 is 5.73 Å². The van der Waals surface area contributed by atoms with E-state index in [2.05, 4.69) is 16.9 Å². The number of thiocarbonyl (C=S) groups is 1. The Morgan fingerprint density at radius 3 is 2.79 bits per heavy atom. The van der Waals surface area contributed by atoms with Crippen molar-refractivity contribution in [2.45, 2.75) is 24.6 Å². The van der Waals surface area contributed by atoms with Crippen LogP contribution in [0.5, 0.6) is 0 Å². The average Bonchev–Trinajstić information content (AvgIpc) is 2.54. The van der Waals surface area contributed by atoms with Gasteiger partial charge in [0.05, 0.1) is 4.99 Å². The summed E-state index contributed by atoms with van der Waals surface area (Å²) in [5.41, 5.74) is 5.30. The molecule has 0 radical (unpaired) electrons. The van der Waals surface area contributed by atoms with Gasteiger partial charge in [0.15, 0.2) is 0 Å². The summed E-state index contributed by atoms with van der Waals surface area (Å²) >= 11 is 6.41. The number of hydrogen-bond acceptors (Lipinski definition) is 4. The van der Waals surface area contributed by atoms with Crippen molar-refractivity contribution < 1.29 is 8.42 Å². The Labute approximate surface area is 94.1 Å². The minimum Gasteiger partial charge on any atom is -0.392 e. The zero-order valence-electron chi connectivity index (χ0n) is 7.89. The molecule has 1 aliphatic rings. The summed E-state index contributed by atoms with van der Waals surface area (Å²) in [6, 6.07) is 0.0433. The van der Waals surface area contributed by atoms with Crippen LogP contribution in [0.3, 0.4) is 0 Å². The number of thioether (sulfide) groups is 1. The van der Waals surface area contributed by atoms with Crippen LogP contribution in [0.4, 0.5) is 0 Å². The smallest absolute Gasteiger partial charge is 0.221 e. The largest absolute Gasteiger partial charge is 0.392 e. The molecule has 0 aromatic rings. The summed E-state index contributed by atoms with van der Waals surface area (Å²) in [6.45, 7) is 1.51. The van der Waals surface area contributed by atoms with Gasteiger partial charge in [-0.2, -0.15) is 11.8 Å². The maximum Gasteiger partial charge on any atom is 0.221 e. The Balaban J connectivity index is 2.61. The first kappa shape index (κ1) is 12.2. The van der Waals surface area contributed by atoms with E-state index in [9.17, 15) is 8.42 Å². The minimum atomic E-state index is -3.37. The monoisotopic (exact) mass is 254 g/mol. The van der Waals surface area contributed by atoms with E-state index in [4.69, 9.17) is 5.73 Å². The number of nitrogens with one attached hydrogen (secondary N) is 1. The average molecular weight is 254 g/mol. The van der Waals surface area contributed by atoms with Crippen LogP contribution in [-0.4, -0.2) is 36.2 Å². The summed E-state index contributed by atoms with van der Waals surface area (Å²) in [5.74, 6) is 1.85. The molecule has 0 saturated carbocycles. The Kier molecular flexibility index (Phi) is 4.17. The topological polar surface area (TPSA) is 72.2 Å². The molecule has 0 aromatic heterocycles. The highest BCUT2D eigenvalue weighted by molar-refractivity contribution is 7.99. The van der Waals surface area contributed by atoms with Crippen LogP contribution in [0.25, 0.3) is 0 Å². The van der Waals surface area contributed by atoms with Crippen LogP contribution < -0.4 is 10.5 Å². The van der Waals surface area contributed by atoms with Crippen molar-refractivity contribution in [1.82, 2.24) is 4.72 Å². The molecule has 7 heteroatoms. The predicted molar refractivity (Wildman–Crippen MR) is 64.0 cm³/mol. The van der Waals surface area contributed by atoms with E-state index in [1.807, 2.05) is 0 Å². The lowest BCUT2D eigenvalue weighted by Crippen LogP contribution is -2.44. The number of nitrogens with two attached hydrogens (primary N) is 1. The molecule has 2 unspecified atom stereocenters. The van der Waals surface area contributed by atoms with Gasteiger partial charge >= 0.3 is 0 Å². The summed E-state index contributed by atoms with van der Waals surface area (Å²) < 4.78 is 25.9. The van der Waals surface area contributed by atoms with Crippen molar-refractivity contribution in [1.29, 1.82) is 0 Å². The Morgan fingerprint density at radius 1 is 1.71 bits per heavy atom. The van der Waals surface area contributed by atoms with Gasteiger partial charge in [-0.15, -0.1) is 0 Å². The van der Waals surface area contributed by atoms with E-state index < -0.39 is 15.3 Å². The molecule has 1 aliphatic heterocycles. The molecular weight excluding hydrogens is 240 g/mol. The molecule has 1 rings (SSSR count). The Morgan fingerprint density at radius 2 is 2.36 bits per heavy atom. The summed E-state index contributed by atoms with van der Waals surface area (Å²) in [4.78, 5) is 0.0168. The highest BCUT2D eigenvalue weighted by Crippen LogP contribution is 2.18. The molecule has 1 heterocycles.